The number of rotatable bonds is 5. The van der Waals surface area contributed by atoms with Crippen LogP contribution in [0.4, 0.5) is 5.69 Å². The van der Waals surface area contributed by atoms with Crippen molar-refractivity contribution in [3.8, 4) is 0 Å². The monoisotopic (exact) mass is 247 g/mol. The lowest BCUT2D eigenvalue weighted by Gasteiger charge is -2.09. The van der Waals surface area contributed by atoms with Gasteiger partial charge in [0.1, 0.15) is 0 Å². The molecule has 0 amide bonds. The fourth-order valence-electron chi connectivity index (χ4n) is 1.42. The maximum atomic E-state index is 11.7. The van der Waals surface area contributed by atoms with Gasteiger partial charge in [-0.3, -0.25) is 4.79 Å². The third-order valence-corrected chi connectivity index (χ3v) is 2.76. The Labute approximate surface area is 109 Å². The van der Waals surface area contributed by atoms with Gasteiger partial charge in [0.15, 0.2) is 5.90 Å². The van der Waals surface area contributed by atoms with Gasteiger partial charge in [-0.15, -0.1) is 0 Å². The highest BCUT2D eigenvalue weighted by molar-refractivity contribution is 5.90. The predicted molar refractivity (Wildman–Crippen MR) is 74.0 cm³/mol. The normalized spacial score (nSPS) is 13.2. The molecule has 0 saturated carbocycles. The van der Waals surface area contributed by atoms with Gasteiger partial charge in [0.2, 0.25) is 0 Å². The molecule has 0 spiro atoms. The minimum Gasteiger partial charge on any atom is -0.412 e. The molecule has 98 valence electrons. The topological polar surface area (TPSA) is 38.7 Å². The van der Waals surface area contributed by atoms with Crippen LogP contribution in [-0.4, -0.2) is 11.9 Å². The first-order valence-electron chi connectivity index (χ1n) is 6.49. The summed E-state index contributed by atoms with van der Waals surface area (Å²) >= 11 is 0. The molecule has 1 unspecified atom stereocenters. The van der Waals surface area contributed by atoms with Crippen molar-refractivity contribution in [2.45, 2.75) is 40.0 Å². The van der Waals surface area contributed by atoms with Crippen LogP contribution in [0, 0.1) is 5.92 Å². The third kappa shape index (κ3) is 5.13. The van der Waals surface area contributed by atoms with E-state index in [1.54, 1.807) is 0 Å². The first kappa shape index (κ1) is 14.4. The average Bonchev–Trinajstić information content (AvgIpc) is 2.38. The van der Waals surface area contributed by atoms with Gasteiger partial charge in [-0.1, -0.05) is 45.4 Å². The second-order valence-electron chi connectivity index (χ2n) is 4.39. The zero-order chi connectivity index (χ0) is 13.4. The van der Waals surface area contributed by atoms with Crippen molar-refractivity contribution >= 4 is 17.6 Å². The Morgan fingerprint density at radius 1 is 1.28 bits per heavy atom. The van der Waals surface area contributed by atoms with Crippen LogP contribution in [0.25, 0.3) is 0 Å². The first-order chi connectivity index (χ1) is 8.65. The number of benzene rings is 1. The number of ether oxygens (including phenoxy) is 1. The summed E-state index contributed by atoms with van der Waals surface area (Å²) in [6.07, 6.45) is 2.04. The van der Waals surface area contributed by atoms with Crippen LogP contribution in [0.1, 0.15) is 40.0 Å². The van der Waals surface area contributed by atoms with Crippen molar-refractivity contribution in [1.29, 1.82) is 0 Å². The van der Waals surface area contributed by atoms with Crippen molar-refractivity contribution in [2.24, 2.45) is 10.9 Å². The van der Waals surface area contributed by atoms with E-state index in [4.69, 9.17) is 4.74 Å². The van der Waals surface area contributed by atoms with E-state index >= 15 is 0 Å². The summed E-state index contributed by atoms with van der Waals surface area (Å²) in [7, 11) is 0. The zero-order valence-electron chi connectivity index (χ0n) is 11.3. The molecule has 0 fully saturated rings. The van der Waals surface area contributed by atoms with Crippen LogP contribution in [0.3, 0.4) is 0 Å². The molecule has 3 heteroatoms. The Balaban J connectivity index is 2.62. The summed E-state index contributed by atoms with van der Waals surface area (Å²) in [6.45, 7) is 6.04. The van der Waals surface area contributed by atoms with E-state index in [1.807, 2.05) is 44.2 Å². The van der Waals surface area contributed by atoms with Crippen molar-refractivity contribution < 1.29 is 9.53 Å². The number of esters is 1. The highest BCUT2D eigenvalue weighted by atomic mass is 16.5. The molecule has 1 atom stereocenters. The number of carbonyl (C=O) groups excluding carboxylic acids is 1. The SMILES string of the molecule is CCC(=Nc1ccccc1)OC(=O)CC(C)CC. The fraction of sp³-hybridized carbons (Fsp3) is 0.467. The maximum absolute atomic E-state index is 11.7. The fourth-order valence-corrected chi connectivity index (χ4v) is 1.42. The Morgan fingerprint density at radius 3 is 2.50 bits per heavy atom. The second kappa shape index (κ2) is 7.64. The first-order valence-corrected chi connectivity index (χ1v) is 6.49. The highest BCUT2D eigenvalue weighted by Crippen LogP contribution is 2.13. The van der Waals surface area contributed by atoms with Gasteiger partial charge < -0.3 is 4.74 Å². The minimum atomic E-state index is -0.194. The number of aliphatic imine (C=N–C) groups is 1. The van der Waals surface area contributed by atoms with Crippen LogP contribution >= 0.6 is 0 Å². The van der Waals surface area contributed by atoms with Crippen molar-refractivity contribution in [1.82, 2.24) is 0 Å². The minimum absolute atomic E-state index is 0.194. The molecular weight excluding hydrogens is 226 g/mol. The van der Waals surface area contributed by atoms with E-state index in [0.29, 0.717) is 24.7 Å². The molecule has 1 rings (SSSR count). The highest BCUT2D eigenvalue weighted by Gasteiger charge is 2.11. The molecule has 0 aliphatic carbocycles. The molecule has 0 aliphatic heterocycles. The van der Waals surface area contributed by atoms with E-state index < -0.39 is 0 Å². The van der Waals surface area contributed by atoms with Gasteiger partial charge in [0.05, 0.1) is 5.69 Å². The summed E-state index contributed by atoms with van der Waals surface area (Å²) in [5.74, 6) is 0.641. The van der Waals surface area contributed by atoms with Gasteiger partial charge in [0, 0.05) is 12.8 Å². The Hall–Kier alpha value is -1.64. The van der Waals surface area contributed by atoms with Gasteiger partial charge in [-0.25, -0.2) is 4.99 Å². The Bertz CT molecular complexity index is 398. The van der Waals surface area contributed by atoms with Crippen LogP contribution in [0.5, 0.6) is 0 Å². The van der Waals surface area contributed by atoms with Crippen LogP contribution in [0.2, 0.25) is 0 Å². The molecule has 18 heavy (non-hydrogen) atoms. The van der Waals surface area contributed by atoms with Gasteiger partial charge in [-0.05, 0) is 18.1 Å². The molecule has 0 heterocycles. The van der Waals surface area contributed by atoms with E-state index in [-0.39, 0.29) is 5.97 Å². The molecule has 0 N–H and O–H groups in total. The van der Waals surface area contributed by atoms with Crippen LogP contribution < -0.4 is 0 Å². The van der Waals surface area contributed by atoms with E-state index in [2.05, 4.69) is 11.9 Å². The number of nitrogens with zero attached hydrogens (tertiary/aromatic N) is 1. The van der Waals surface area contributed by atoms with E-state index in [9.17, 15) is 4.79 Å². The lowest BCUT2D eigenvalue weighted by molar-refractivity contribution is -0.136. The van der Waals surface area contributed by atoms with E-state index in [0.717, 1.165) is 12.1 Å². The Morgan fingerprint density at radius 2 is 1.94 bits per heavy atom. The van der Waals surface area contributed by atoms with Crippen LogP contribution in [-0.2, 0) is 9.53 Å². The third-order valence-electron chi connectivity index (χ3n) is 2.76. The molecule has 1 aromatic carbocycles. The number of hydrogen-bond donors (Lipinski definition) is 0. The lowest BCUT2D eigenvalue weighted by atomic mass is 10.1. The summed E-state index contributed by atoms with van der Waals surface area (Å²) < 4.78 is 5.29. The van der Waals surface area contributed by atoms with Crippen LogP contribution in [0.15, 0.2) is 35.3 Å². The van der Waals surface area contributed by atoms with Gasteiger partial charge in [0.25, 0.3) is 0 Å². The van der Waals surface area contributed by atoms with E-state index in [1.165, 1.54) is 0 Å². The maximum Gasteiger partial charge on any atom is 0.312 e. The summed E-state index contributed by atoms with van der Waals surface area (Å²) in [4.78, 5) is 16.0. The van der Waals surface area contributed by atoms with Gasteiger partial charge in [-0.2, -0.15) is 0 Å². The zero-order valence-corrected chi connectivity index (χ0v) is 11.3. The van der Waals surface area contributed by atoms with Crippen molar-refractivity contribution in [3.63, 3.8) is 0 Å². The second-order valence-corrected chi connectivity index (χ2v) is 4.39. The predicted octanol–water partition coefficient (Wildman–Crippen LogP) is 4.11. The largest absolute Gasteiger partial charge is 0.412 e. The molecule has 0 saturated heterocycles. The quantitative estimate of drug-likeness (QED) is 0.446. The Kier molecular flexibility index (Phi) is 6.12. The molecule has 0 radical (unpaired) electrons. The molecule has 3 nitrogen and oxygen atoms in total. The standard InChI is InChI=1S/C15H21NO2/c1-4-12(3)11-15(17)18-14(5-2)16-13-9-7-6-8-10-13/h6-10,12H,4-5,11H2,1-3H3. The lowest BCUT2D eigenvalue weighted by Crippen LogP contribution is -2.14. The molecule has 1 aromatic rings. The smallest absolute Gasteiger partial charge is 0.312 e. The molecule has 0 aromatic heterocycles. The molecule has 0 bridgehead atoms. The summed E-state index contributed by atoms with van der Waals surface area (Å²) in [6, 6.07) is 9.52. The van der Waals surface area contributed by atoms with Crippen molar-refractivity contribution in [2.75, 3.05) is 0 Å². The summed E-state index contributed by atoms with van der Waals surface area (Å²) in [5.41, 5.74) is 0.811. The number of para-hydroxylation sites is 1. The number of carbonyl (C=O) groups is 1. The number of hydrogen-bond acceptors (Lipinski definition) is 3. The molecular formula is C15H21NO2. The van der Waals surface area contributed by atoms with Crippen molar-refractivity contribution in [3.05, 3.63) is 30.3 Å². The molecule has 0 aliphatic rings. The summed E-state index contributed by atoms with van der Waals surface area (Å²) in [5, 5.41) is 0. The average molecular weight is 247 g/mol. The van der Waals surface area contributed by atoms with Gasteiger partial charge >= 0.3 is 5.97 Å².